The van der Waals surface area contributed by atoms with Crippen molar-refractivity contribution >= 4 is 22.8 Å². The molecule has 0 saturated carbocycles. The van der Waals surface area contributed by atoms with Gasteiger partial charge in [-0.05, 0) is 44.6 Å². The lowest BCUT2D eigenvalue weighted by molar-refractivity contribution is 0.102. The normalized spacial score (nSPS) is 17.0. The van der Waals surface area contributed by atoms with Gasteiger partial charge in [-0.3, -0.25) is 15.0 Å². The third-order valence-corrected chi connectivity index (χ3v) is 4.80. The Morgan fingerprint density at radius 3 is 2.88 bits per heavy atom. The number of nitrogens with zero attached hydrogens (tertiary/aromatic N) is 4. The number of aromatic amines is 2. The first kappa shape index (κ1) is 14.8. The van der Waals surface area contributed by atoms with Gasteiger partial charge in [0.1, 0.15) is 0 Å². The molecule has 3 aromatic rings. The number of carbonyl (C=O) groups excluding carboxylic acids is 1. The molecule has 3 aromatic heterocycles. The van der Waals surface area contributed by atoms with E-state index in [0.717, 1.165) is 47.2 Å². The number of nitrogens with one attached hydrogen (secondary N) is 3. The molecule has 24 heavy (non-hydrogen) atoms. The highest BCUT2D eigenvalue weighted by Crippen LogP contribution is 2.28. The molecule has 8 nitrogen and oxygen atoms in total. The maximum absolute atomic E-state index is 12.7. The van der Waals surface area contributed by atoms with Crippen molar-refractivity contribution in [2.45, 2.75) is 40.0 Å². The SMILES string of the molecule is Cc1nnc2[nH]nc(NC(=O)c3n[nH]c4c3CC(C)CC4)c2c1C. The summed E-state index contributed by atoms with van der Waals surface area (Å²) in [6.07, 6.45) is 2.94. The first-order valence-corrected chi connectivity index (χ1v) is 8.10. The van der Waals surface area contributed by atoms with Crippen LogP contribution in [0, 0.1) is 19.8 Å². The summed E-state index contributed by atoms with van der Waals surface area (Å²) in [6, 6.07) is 0. The van der Waals surface area contributed by atoms with Crippen molar-refractivity contribution in [2.75, 3.05) is 5.32 Å². The van der Waals surface area contributed by atoms with Crippen LogP contribution in [0.15, 0.2) is 0 Å². The van der Waals surface area contributed by atoms with Gasteiger partial charge in [0, 0.05) is 11.3 Å². The summed E-state index contributed by atoms with van der Waals surface area (Å²) in [7, 11) is 0. The second-order valence-corrected chi connectivity index (χ2v) is 6.54. The topological polar surface area (TPSA) is 112 Å². The van der Waals surface area contributed by atoms with Crippen LogP contribution >= 0.6 is 0 Å². The first-order chi connectivity index (χ1) is 11.5. The second kappa shape index (κ2) is 5.40. The zero-order chi connectivity index (χ0) is 16.8. The van der Waals surface area contributed by atoms with Gasteiger partial charge in [-0.25, -0.2) is 0 Å². The fraction of sp³-hybridized carbons (Fsp3) is 0.438. The predicted octanol–water partition coefficient (Wildman–Crippen LogP) is 2.07. The van der Waals surface area contributed by atoms with Crippen molar-refractivity contribution in [3.63, 3.8) is 0 Å². The zero-order valence-electron chi connectivity index (χ0n) is 13.9. The van der Waals surface area contributed by atoms with E-state index in [-0.39, 0.29) is 5.91 Å². The summed E-state index contributed by atoms with van der Waals surface area (Å²) in [4.78, 5) is 12.7. The Bertz CT molecular complexity index is 939. The van der Waals surface area contributed by atoms with Crippen LogP contribution in [0.2, 0.25) is 0 Å². The number of carbonyl (C=O) groups is 1. The summed E-state index contributed by atoms with van der Waals surface area (Å²) >= 11 is 0. The van der Waals surface area contributed by atoms with Crippen molar-refractivity contribution in [1.29, 1.82) is 0 Å². The lowest BCUT2D eigenvalue weighted by atomic mass is 9.87. The van der Waals surface area contributed by atoms with Gasteiger partial charge in [0.05, 0.1) is 11.1 Å². The van der Waals surface area contributed by atoms with E-state index < -0.39 is 0 Å². The average molecular weight is 325 g/mol. The summed E-state index contributed by atoms with van der Waals surface area (Å²) in [5.41, 5.74) is 4.88. The Hall–Kier alpha value is -2.77. The minimum Gasteiger partial charge on any atom is -0.303 e. The van der Waals surface area contributed by atoms with Crippen LogP contribution in [0.25, 0.3) is 11.0 Å². The number of hydrogen-bond acceptors (Lipinski definition) is 5. The second-order valence-electron chi connectivity index (χ2n) is 6.54. The molecule has 0 radical (unpaired) electrons. The number of anilines is 1. The number of hydrogen-bond donors (Lipinski definition) is 3. The van der Waals surface area contributed by atoms with E-state index in [4.69, 9.17) is 0 Å². The number of aryl methyl sites for hydroxylation is 3. The molecule has 8 heteroatoms. The monoisotopic (exact) mass is 325 g/mol. The Kier molecular flexibility index (Phi) is 3.33. The standard InChI is InChI=1S/C16H19N7O/c1-7-4-5-11-10(6-7)13(20-19-11)16(24)17-14-12-8(2)9(3)18-22-15(12)23-21-14/h7H,4-6H2,1-3H3,(H,19,20)(H2,17,21,22,23,24). The average Bonchev–Trinajstić information content (AvgIpc) is 3.15. The smallest absolute Gasteiger partial charge is 0.277 e. The predicted molar refractivity (Wildman–Crippen MR) is 88.9 cm³/mol. The van der Waals surface area contributed by atoms with Crippen molar-refractivity contribution < 1.29 is 4.79 Å². The maximum atomic E-state index is 12.7. The molecule has 1 atom stereocenters. The van der Waals surface area contributed by atoms with E-state index in [9.17, 15) is 4.79 Å². The molecule has 0 spiro atoms. The fourth-order valence-corrected chi connectivity index (χ4v) is 3.26. The van der Waals surface area contributed by atoms with Crippen LogP contribution in [0.3, 0.4) is 0 Å². The molecule has 3 N–H and O–H groups in total. The van der Waals surface area contributed by atoms with Crippen molar-refractivity contribution in [1.82, 2.24) is 30.6 Å². The third kappa shape index (κ3) is 2.26. The van der Waals surface area contributed by atoms with Gasteiger partial charge in [0.15, 0.2) is 17.2 Å². The molecule has 0 aromatic carbocycles. The Morgan fingerprint density at radius 1 is 1.21 bits per heavy atom. The van der Waals surface area contributed by atoms with Gasteiger partial charge in [0.25, 0.3) is 5.91 Å². The van der Waals surface area contributed by atoms with Gasteiger partial charge < -0.3 is 5.32 Å². The minimum atomic E-state index is -0.246. The number of rotatable bonds is 2. The first-order valence-electron chi connectivity index (χ1n) is 8.10. The van der Waals surface area contributed by atoms with Crippen molar-refractivity contribution in [2.24, 2.45) is 5.92 Å². The van der Waals surface area contributed by atoms with Crippen LogP contribution in [-0.2, 0) is 12.8 Å². The third-order valence-electron chi connectivity index (χ3n) is 4.80. The van der Waals surface area contributed by atoms with E-state index in [0.29, 0.717) is 23.1 Å². The highest BCUT2D eigenvalue weighted by Gasteiger charge is 2.25. The quantitative estimate of drug-likeness (QED) is 0.667. The zero-order valence-corrected chi connectivity index (χ0v) is 13.9. The number of H-pyrrole nitrogens is 2. The molecule has 0 bridgehead atoms. The van der Waals surface area contributed by atoms with E-state index in [1.807, 2.05) is 13.8 Å². The molecule has 1 aliphatic rings. The summed E-state index contributed by atoms with van der Waals surface area (Å²) < 4.78 is 0. The van der Waals surface area contributed by atoms with E-state index in [2.05, 4.69) is 42.8 Å². The summed E-state index contributed by atoms with van der Waals surface area (Å²) in [6.45, 7) is 6.02. The van der Waals surface area contributed by atoms with Crippen LogP contribution in [0.5, 0.6) is 0 Å². The van der Waals surface area contributed by atoms with Gasteiger partial charge in [-0.15, -0.1) is 5.10 Å². The summed E-state index contributed by atoms with van der Waals surface area (Å²) in [5.74, 6) is 0.781. The molecule has 1 aliphatic carbocycles. The van der Waals surface area contributed by atoms with Crippen molar-refractivity contribution in [3.05, 3.63) is 28.2 Å². The maximum Gasteiger partial charge on any atom is 0.277 e. The number of fused-ring (bicyclic) bond motifs is 2. The molecule has 1 amide bonds. The van der Waals surface area contributed by atoms with E-state index >= 15 is 0 Å². The lowest BCUT2D eigenvalue weighted by Gasteiger charge is -2.17. The molecule has 4 rings (SSSR count). The number of amides is 1. The molecule has 0 aliphatic heterocycles. The van der Waals surface area contributed by atoms with Gasteiger partial charge in [0.2, 0.25) is 0 Å². The molecule has 0 saturated heterocycles. The fourth-order valence-electron chi connectivity index (χ4n) is 3.26. The molecule has 0 fully saturated rings. The van der Waals surface area contributed by atoms with Crippen LogP contribution < -0.4 is 5.32 Å². The molecular weight excluding hydrogens is 306 g/mol. The summed E-state index contributed by atoms with van der Waals surface area (Å²) in [5, 5.41) is 26.0. The highest BCUT2D eigenvalue weighted by atomic mass is 16.2. The Morgan fingerprint density at radius 2 is 2.04 bits per heavy atom. The van der Waals surface area contributed by atoms with E-state index in [1.54, 1.807) is 0 Å². The molecule has 1 unspecified atom stereocenters. The van der Waals surface area contributed by atoms with Gasteiger partial charge in [-0.2, -0.15) is 15.3 Å². The highest BCUT2D eigenvalue weighted by molar-refractivity contribution is 6.07. The minimum absolute atomic E-state index is 0.246. The van der Waals surface area contributed by atoms with Crippen molar-refractivity contribution in [3.8, 4) is 0 Å². The lowest BCUT2D eigenvalue weighted by Crippen LogP contribution is -2.18. The molecule has 3 heterocycles. The Labute approximate surface area is 138 Å². The van der Waals surface area contributed by atoms with Gasteiger partial charge in [-0.1, -0.05) is 6.92 Å². The Balaban J connectivity index is 1.68. The van der Waals surface area contributed by atoms with Gasteiger partial charge >= 0.3 is 0 Å². The van der Waals surface area contributed by atoms with Crippen LogP contribution in [0.1, 0.15) is 46.3 Å². The number of aromatic nitrogens is 6. The van der Waals surface area contributed by atoms with Crippen LogP contribution in [0.4, 0.5) is 5.82 Å². The van der Waals surface area contributed by atoms with E-state index in [1.165, 1.54) is 0 Å². The molecular formula is C16H19N7O. The van der Waals surface area contributed by atoms with Crippen LogP contribution in [-0.4, -0.2) is 36.5 Å². The largest absolute Gasteiger partial charge is 0.303 e. The molecule has 124 valence electrons.